The van der Waals surface area contributed by atoms with Gasteiger partial charge in [0.25, 0.3) is 0 Å². The second-order valence-electron chi connectivity index (χ2n) is 20.6. The van der Waals surface area contributed by atoms with E-state index in [2.05, 4.69) is 63.3 Å². The molecular formula is C64H116O6. The van der Waals surface area contributed by atoms with E-state index in [0.717, 1.165) is 64.2 Å². The summed E-state index contributed by atoms with van der Waals surface area (Å²) in [4.78, 5) is 37.9. The highest BCUT2D eigenvalue weighted by Crippen LogP contribution is 2.18. The predicted molar refractivity (Wildman–Crippen MR) is 302 cm³/mol. The molecule has 0 saturated carbocycles. The maximum atomic E-state index is 12.7. The lowest BCUT2D eigenvalue weighted by atomic mass is 10.0. The number of unbranched alkanes of at least 4 members (excludes halogenated alkanes) is 37. The van der Waals surface area contributed by atoms with Gasteiger partial charge < -0.3 is 14.2 Å². The number of carbonyl (C=O) groups is 3. The largest absolute Gasteiger partial charge is 0.462 e. The van der Waals surface area contributed by atoms with Gasteiger partial charge >= 0.3 is 17.9 Å². The number of hydrogen-bond acceptors (Lipinski definition) is 6. The summed E-state index contributed by atoms with van der Waals surface area (Å²) in [5.41, 5.74) is 0. The Morgan fingerprint density at radius 2 is 0.557 bits per heavy atom. The van der Waals surface area contributed by atoms with Crippen LogP contribution in [0.15, 0.2) is 48.6 Å². The first kappa shape index (κ1) is 67.4. The summed E-state index contributed by atoms with van der Waals surface area (Å²) in [7, 11) is 0. The molecular weight excluding hydrogens is 865 g/mol. The number of carbonyl (C=O) groups excluding carboxylic acids is 3. The standard InChI is InChI=1S/C64H116O6/c1-4-7-10-13-16-19-21-23-24-25-26-27-28-29-30-31-32-33-34-35-36-37-38-39-40-42-43-45-48-51-54-57-63(66)69-60-61(59-68-62(65)56-53-50-47-18-15-12-9-6-3)70-64(67)58-55-52-49-46-44-41-22-20-17-14-11-8-5-2/h8,11,17,20,41,44,49,52,61H,4-7,9-10,12-16,18-19,21-40,42-43,45-48,50-51,53-60H2,1-3H3/b11-8-,20-17-,44-41-,52-49-. The molecule has 0 aliphatic heterocycles. The van der Waals surface area contributed by atoms with Gasteiger partial charge in [0.15, 0.2) is 6.10 Å². The molecule has 0 aromatic carbocycles. The molecule has 0 aromatic heterocycles. The van der Waals surface area contributed by atoms with Gasteiger partial charge in [0, 0.05) is 19.3 Å². The summed E-state index contributed by atoms with van der Waals surface area (Å²) < 4.78 is 16.7. The van der Waals surface area contributed by atoms with Crippen LogP contribution in [0.25, 0.3) is 0 Å². The quantitative estimate of drug-likeness (QED) is 0.0261. The molecule has 0 saturated heterocycles. The number of allylic oxidation sites excluding steroid dienone is 8. The number of rotatable bonds is 56. The van der Waals surface area contributed by atoms with Crippen LogP contribution >= 0.6 is 0 Å². The van der Waals surface area contributed by atoms with Crippen molar-refractivity contribution < 1.29 is 28.6 Å². The normalized spacial score (nSPS) is 12.3. The van der Waals surface area contributed by atoms with Gasteiger partial charge in [-0.2, -0.15) is 0 Å². The second kappa shape index (κ2) is 58.9. The van der Waals surface area contributed by atoms with Crippen molar-refractivity contribution in [3.63, 3.8) is 0 Å². The third-order valence-corrected chi connectivity index (χ3v) is 13.6. The van der Waals surface area contributed by atoms with E-state index in [9.17, 15) is 14.4 Å². The van der Waals surface area contributed by atoms with Gasteiger partial charge in [0.05, 0.1) is 0 Å². The lowest BCUT2D eigenvalue weighted by molar-refractivity contribution is -0.166. The molecule has 408 valence electrons. The van der Waals surface area contributed by atoms with Crippen LogP contribution in [0, 0.1) is 0 Å². The highest BCUT2D eigenvalue weighted by molar-refractivity contribution is 5.71. The Kier molecular flexibility index (Phi) is 56.7. The Morgan fingerprint density at radius 3 is 0.843 bits per heavy atom. The number of hydrogen-bond donors (Lipinski definition) is 0. The van der Waals surface area contributed by atoms with Crippen LogP contribution in [0.1, 0.15) is 323 Å². The SMILES string of the molecule is CC/C=C\C/C=C\C/C=C\C/C=C\CCC(=O)OC(COC(=O)CCCCCCCCCC)COC(=O)CCCCCCCCCCCCCCCCCCCCCCCCCCCCCCCCC. The van der Waals surface area contributed by atoms with E-state index in [1.165, 1.54) is 212 Å². The maximum absolute atomic E-state index is 12.7. The molecule has 1 unspecified atom stereocenters. The van der Waals surface area contributed by atoms with Crippen LogP contribution in [0.4, 0.5) is 0 Å². The monoisotopic (exact) mass is 981 g/mol. The fourth-order valence-electron chi connectivity index (χ4n) is 9.05. The topological polar surface area (TPSA) is 78.9 Å². The maximum Gasteiger partial charge on any atom is 0.306 e. The zero-order valence-electron chi connectivity index (χ0n) is 46.8. The van der Waals surface area contributed by atoms with Gasteiger partial charge in [0.2, 0.25) is 0 Å². The first-order valence-corrected chi connectivity index (χ1v) is 30.6. The van der Waals surface area contributed by atoms with Gasteiger partial charge in [-0.25, -0.2) is 0 Å². The second-order valence-corrected chi connectivity index (χ2v) is 20.6. The van der Waals surface area contributed by atoms with Crippen molar-refractivity contribution in [2.75, 3.05) is 13.2 Å². The third-order valence-electron chi connectivity index (χ3n) is 13.6. The zero-order chi connectivity index (χ0) is 50.7. The first-order valence-electron chi connectivity index (χ1n) is 30.6. The summed E-state index contributed by atoms with van der Waals surface area (Å²) in [6.07, 6.45) is 73.2. The van der Waals surface area contributed by atoms with Crippen molar-refractivity contribution in [1.29, 1.82) is 0 Å². The third kappa shape index (κ3) is 56.3. The Balaban J connectivity index is 4.01. The molecule has 0 rings (SSSR count). The first-order chi connectivity index (χ1) is 34.5. The lowest BCUT2D eigenvalue weighted by Gasteiger charge is -2.18. The molecule has 0 N–H and O–H groups in total. The minimum atomic E-state index is -0.806. The van der Waals surface area contributed by atoms with Crippen LogP contribution in [0.5, 0.6) is 0 Å². The van der Waals surface area contributed by atoms with Crippen LogP contribution in [-0.4, -0.2) is 37.2 Å². The van der Waals surface area contributed by atoms with Crippen molar-refractivity contribution in [2.24, 2.45) is 0 Å². The van der Waals surface area contributed by atoms with Crippen molar-refractivity contribution in [3.05, 3.63) is 48.6 Å². The van der Waals surface area contributed by atoms with Crippen molar-refractivity contribution in [1.82, 2.24) is 0 Å². The molecule has 0 fully saturated rings. The minimum absolute atomic E-state index is 0.0980. The number of esters is 3. The lowest BCUT2D eigenvalue weighted by Crippen LogP contribution is -2.30. The molecule has 0 bridgehead atoms. The highest BCUT2D eigenvalue weighted by Gasteiger charge is 2.19. The van der Waals surface area contributed by atoms with E-state index in [1.807, 2.05) is 6.08 Å². The molecule has 70 heavy (non-hydrogen) atoms. The molecule has 1 atom stereocenters. The van der Waals surface area contributed by atoms with Gasteiger partial charge in [-0.1, -0.05) is 307 Å². The van der Waals surface area contributed by atoms with E-state index >= 15 is 0 Å². The molecule has 0 spiro atoms. The van der Waals surface area contributed by atoms with Crippen LogP contribution < -0.4 is 0 Å². The molecule has 6 nitrogen and oxygen atoms in total. The summed E-state index contributed by atoms with van der Waals surface area (Å²) in [6, 6.07) is 0. The summed E-state index contributed by atoms with van der Waals surface area (Å²) in [6.45, 7) is 6.47. The van der Waals surface area contributed by atoms with Crippen molar-refractivity contribution >= 4 is 17.9 Å². The van der Waals surface area contributed by atoms with E-state index in [4.69, 9.17) is 14.2 Å². The summed E-state index contributed by atoms with van der Waals surface area (Å²) in [5.74, 6) is -0.972. The van der Waals surface area contributed by atoms with E-state index in [0.29, 0.717) is 19.3 Å². The molecule has 6 heteroatoms. The Hall–Kier alpha value is -2.63. The Bertz CT molecular complexity index is 1220. The van der Waals surface area contributed by atoms with Gasteiger partial charge in [-0.05, 0) is 44.9 Å². The molecule has 0 amide bonds. The van der Waals surface area contributed by atoms with Crippen molar-refractivity contribution in [3.8, 4) is 0 Å². The Morgan fingerprint density at radius 1 is 0.300 bits per heavy atom. The van der Waals surface area contributed by atoms with Crippen LogP contribution in [-0.2, 0) is 28.6 Å². The number of ether oxygens (including phenoxy) is 3. The van der Waals surface area contributed by atoms with Gasteiger partial charge in [-0.15, -0.1) is 0 Å². The van der Waals surface area contributed by atoms with Crippen molar-refractivity contribution in [2.45, 2.75) is 329 Å². The molecule has 0 heterocycles. The predicted octanol–water partition coefficient (Wildman–Crippen LogP) is 20.6. The van der Waals surface area contributed by atoms with Crippen LogP contribution in [0.2, 0.25) is 0 Å². The fourth-order valence-corrected chi connectivity index (χ4v) is 9.05. The zero-order valence-corrected chi connectivity index (χ0v) is 46.8. The average Bonchev–Trinajstić information content (AvgIpc) is 3.36. The summed E-state index contributed by atoms with van der Waals surface area (Å²) in [5, 5.41) is 0. The molecule has 0 aliphatic rings. The van der Waals surface area contributed by atoms with E-state index in [-0.39, 0.29) is 37.5 Å². The minimum Gasteiger partial charge on any atom is -0.462 e. The smallest absolute Gasteiger partial charge is 0.306 e. The molecule has 0 aliphatic carbocycles. The fraction of sp³-hybridized carbons (Fsp3) is 0.828. The molecule has 0 radical (unpaired) electrons. The van der Waals surface area contributed by atoms with Crippen LogP contribution in [0.3, 0.4) is 0 Å². The summed E-state index contributed by atoms with van der Waals surface area (Å²) >= 11 is 0. The average molecular weight is 982 g/mol. The molecule has 0 aromatic rings. The van der Waals surface area contributed by atoms with E-state index in [1.54, 1.807) is 0 Å². The Labute approximate surface area is 435 Å². The van der Waals surface area contributed by atoms with Gasteiger partial charge in [-0.3, -0.25) is 14.4 Å². The van der Waals surface area contributed by atoms with Gasteiger partial charge in [0.1, 0.15) is 13.2 Å². The highest BCUT2D eigenvalue weighted by atomic mass is 16.6. The van der Waals surface area contributed by atoms with E-state index < -0.39 is 6.10 Å².